The molecule has 0 aromatic heterocycles. The van der Waals surface area contributed by atoms with Crippen LogP contribution >= 0.6 is 0 Å². The first-order valence-electron chi connectivity index (χ1n) is 7.33. The molecule has 2 unspecified atom stereocenters. The Balaban J connectivity index is 1.85. The minimum absolute atomic E-state index is 0.226. The van der Waals surface area contributed by atoms with Crippen molar-refractivity contribution in [2.24, 2.45) is 0 Å². The van der Waals surface area contributed by atoms with Gasteiger partial charge in [-0.25, -0.2) is 0 Å². The van der Waals surface area contributed by atoms with Crippen molar-refractivity contribution < 1.29 is 14.7 Å². The molecule has 2 aromatic rings. The van der Waals surface area contributed by atoms with Gasteiger partial charge in [0.2, 0.25) is 0 Å². The molecule has 1 aliphatic carbocycles. The maximum absolute atomic E-state index is 12.3. The van der Waals surface area contributed by atoms with E-state index in [1.807, 2.05) is 30.3 Å². The molecule has 2 aromatic carbocycles. The third kappa shape index (κ3) is 2.72. The summed E-state index contributed by atoms with van der Waals surface area (Å²) in [6.45, 7) is 0. The van der Waals surface area contributed by atoms with Crippen molar-refractivity contribution in [1.29, 1.82) is 0 Å². The van der Waals surface area contributed by atoms with Gasteiger partial charge in [0.05, 0.1) is 0 Å². The second-order valence-corrected chi connectivity index (χ2v) is 5.50. The minimum Gasteiger partial charge on any atom is -0.481 e. The van der Waals surface area contributed by atoms with Gasteiger partial charge in [0.15, 0.2) is 0 Å². The van der Waals surface area contributed by atoms with Gasteiger partial charge in [-0.2, -0.15) is 0 Å². The lowest BCUT2D eigenvalue weighted by atomic mass is 9.79. The number of rotatable bonds is 3. The molecule has 0 heterocycles. The summed E-state index contributed by atoms with van der Waals surface area (Å²) in [6, 6.07) is 16.0. The van der Waals surface area contributed by atoms with Crippen molar-refractivity contribution in [2.75, 3.05) is 0 Å². The number of hydrogen-bond acceptors (Lipinski definition) is 2. The third-order valence-electron chi connectivity index (χ3n) is 4.14. The first-order valence-corrected chi connectivity index (χ1v) is 7.33. The smallest absolute Gasteiger partial charge is 0.313 e. The number of carboxylic acids is 1. The van der Waals surface area contributed by atoms with E-state index >= 15 is 0 Å². The second-order valence-electron chi connectivity index (χ2n) is 5.50. The highest BCUT2D eigenvalue weighted by Crippen LogP contribution is 2.32. The normalized spacial score (nSPS) is 20.0. The van der Waals surface area contributed by atoms with Crippen molar-refractivity contribution in [3.8, 4) is 0 Å². The lowest BCUT2D eigenvalue weighted by molar-refractivity contribution is -0.139. The zero-order valence-electron chi connectivity index (χ0n) is 12.0. The van der Waals surface area contributed by atoms with Crippen molar-refractivity contribution >= 4 is 11.9 Å². The predicted molar refractivity (Wildman–Crippen MR) is 82.8 cm³/mol. The molecule has 0 bridgehead atoms. The second kappa shape index (κ2) is 6.02. The van der Waals surface area contributed by atoms with Crippen LogP contribution in [0.15, 0.2) is 54.6 Å². The lowest BCUT2D eigenvalue weighted by Crippen LogP contribution is -2.44. The van der Waals surface area contributed by atoms with E-state index in [1.54, 1.807) is 24.3 Å². The summed E-state index contributed by atoms with van der Waals surface area (Å²) in [4.78, 5) is 24.0. The van der Waals surface area contributed by atoms with E-state index in [4.69, 9.17) is 0 Å². The maximum Gasteiger partial charge on any atom is 0.313 e. The number of carbonyl (C=O) groups excluding carboxylic acids is 1. The van der Waals surface area contributed by atoms with E-state index in [0.29, 0.717) is 12.0 Å². The molecular weight excluding hydrogens is 278 g/mol. The van der Waals surface area contributed by atoms with Crippen LogP contribution in [0, 0.1) is 0 Å². The summed E-state index contributed by atoms with van der Waals surface area (Å²) in [7, 11) is 0. The molecule has 22 heavy (non-hydrogen) atoms. The Hall–Kier alpha value is -2.62. The Morgan fingerprint density at radius 3 is 2.41 bits per heavy atom. The van der Waals surface area contributed by atoms with Gasteiger partial charge in [0, 0.05) is 11.6 Å². The van der Waals surface area contributed by atoms with Crippen LogP contribution < -0.4 is 5.32 Å². The molecule has 0 saturated carbocycles. The fourth-order valence-corrected chi connectivity index (χ4v) is 3.06. The fourth-order valence-electron chi connectivity index (χ4n) is 3.06. The Morgan fingerprint density at radius 1 is 1.00 bits per heavy atom. The van der Waals surface area contributed by atoms with E-state index in [-0.39, 0.29) is 11.9 Å². The summed E-state index contributed by atoms with van der Waals surface area (Å²) in [6.07, 6.45) is 1.41. The van der Waals surface area contributed by atoms with Crippen LogP contribution in [-0.4, -0.2) is 23.0 Å². The van der Waals surface area contributed by atoms with Gasteiger partial charge in [-0.05, 0) is 36.1 Å². The largest absolute Gasteiger partial charge is 0.481 e. The molecule has 2 N–H and O–H groups in total. The molecule has 1 amide bonds. The first kappa shape index (κ1) is 14.3. The maximum atomic E-state index is 12.3. The van der Waals surface area contributed by atoms with Gasteiger partial charge < -0.3 is 10.4 Å². The van der Waals surface area contributed by atoms with Gasteiger partial charge in [0.1, 0.15) is 5.92 Å². The number of benzene rings is 2. The number of amides is 1. The third-order valence-corrected chi connectivity index (χ3v) is 4.14. The van der Waals surface area contributed by atoms with Crippen LogP contribution in [0.25, 0.3) is 0 Å². The molecule has 0 aliphatic heterocycles. The molecule has 0 fully saturated rings. The van der Waals surface area contributed by atoms with Crippen LogP contribution in [0.2, 0.25) is 0 Å². The van der Waals surface area contributed by atoms with E-state index in [2.05, 4.69) is 5.32 Å². The number of aliphatic carboxylic acids is 1. The summed E-state index contributed by atoms with van der Waals surface area (Å²) in [5, 5.41) is 12.5. The predicted octanol–water partition coefficient (Wildman–Crippen LogP) is 2.60. The number of carboxylic acid groups (broad SMARTS) is 1. The van der Waals surface area contributed by atoms with E-state index in [0.717, 1.165) is 17.5 Å². The molecule has 4 nitrogen and oxygen atoms in total. The zero-order chi connectivity index (χ0) is 15.5. The Labute approximate surface area is 128 Å². The Morgan fingerprint density at radius 2 is 1.68 bits per heavy atom. The molecule has 1 aliphatic rings. The van der Waals surface area contributed by atoms with Gasteiger partial charge in [-0.15, -0.1) is 0 Å². The SMILES string of the molecule is O=C(NC1CCc2ccccc2C1C(=O)O)c1ccccc1. The number of hydrogen-bond donors (Lipinski definition) is 2. The van der Waals surface area contributed by atoms with Crippen molar-refractivity contribution in [3.63, 3.8) is 0 Å². The summed E-state index contributed by atoms with van der Waals surface area (Å²) >= 11 is 0. The molecule has 112 valence electrons. The topological polar surface area (TPSA) is 66.4 Å². The molecular formula is C18H17NO3. The van der Waals surface area contributed by atoms with E-state index < -0.39 is 11.9 Å². The number of aryl methyl sites for hydroxylation is 1. The average Bonchev–Trinajstić information content (AvgIpc) is 2.55. The molecule has 0 saturated heterocycles. The molecule has 0 spiro atoms. The van der Waals surface area contributed by atoms with Crippen LogP contribution in [0.1, 0.15) is 33.8 Å². The highest BCUT2D eigenvalue weighted by Gasteiger charge is 2.35. The van der Waals surface area contributed by atoms with E-state index in [1.165, 1.54) is 0 Å². The van der Waals surface area contributed by atoms with Crippen LogP contribution in [-0.2, 0) is 11.2 Å². The Kier molecular flexibility index (Phi) is 3.92. The van der Waals surface area contributed by atoms with E-state index in [9.17, 15) is 14.7 Å². The highest BCUT2D eigenvalue weighted by molar-refractivity contribution is 5.95. The lowest BCUT2D eigenvalue weighted by Gasteiger charge is -2.31. The van der Waals surface area contributed by atoms with Crippen molar-refractivity contribution in [1.82, 2.24) is 5.32 Å². The zero-order valence-corrected chi connectivity index (χ0v) is 12.0. The summed E-state index contributed by atoms with van der Waals surface area (Å²) < 4.78 is 0. The monoisotopic (exact) mass is 295 g/mol. The van der Waals surface area contributed by atoms with Crippen LogP contribution in [0.4, 0.5) is 0 Å². The molecule has 3 rings (SSSR count). The minimum atomic E-state index is -0.898. The highest BCUT2D eigenvalue weighted by atomic mass is 16.4. The standard InChI is InChI=1S/C18H17NO3/c20-17(13-7-2-1-3-8-13)19-15-11-10-12-6-4-5-9-14(12)16(15)18(21)22/h1-9,15-16H,10-11H2,(H,19,20)(H,21,22). The number of carbonyl (C=O) groups is 2. The van der Waals surface area contributed by atoms with Crippen LogP contribution in [0.3, 0.4) is 0 Å². The Bertz CT molecular complexity index is 696. The van der Waals surface area contributed by atoms with Crippen molar-refractivity contribution in [3.05, 3.63) is 71.3 Å². The average molecular weight is 295 g/mol. The summed E-state index contributed by atoms with van der Waals surface area (Å²) in [5.74, 6) is -1.82. The number of fused-ring (bicyclic) bond motifs is 1. The fraction of sp³-hybridized carbons (Fsp3) is 0.222. The van der Waals surface area contributed by atoms with Crippen molar-refractivity contribution in [2.45, 2.75) is 24.8 Å². The molecule has 2 atom stereocenters. The molecule has 0 radical (unpaired) electrons. The van der Waals surface area contributed by atoms with Gasteiger partial charge in [-0.1, -0.05) is 42.5 Å². The van der Waals surface area contributed by atoms with Crippen LogP contribution in [0.5, 0.6) is 0 Å². The van der Waals surface area contributed by atoms with Gasteiger partial charge in [0.25, 0.3) is 5.91 Å². The molecule has 4 heteroatoms. The number of nitrogens with one attached hydrogen (secondary N) is 1. The quantitative estimate of drug-likeness (QED) is 0.914. The van der Waals surface area contributed by atoms with Gasteiger partial charge in [-0.3, -0.25) is 9.59 Å². The first-order chi connectivity index (χ1) is 10.7. The van der Waals surface area contributed by atoms with Gasteiger partial charge >= 0.3 is 5.97 Å². The summed E-state index contributed by atoms with van der Waals surface area (Å²) in [5.41, 5.74) is 2.41.